The average Bonchev–Trinajstić information content (AvgIpc) is 2.38. The number of hydrogen-bond donors (Lipinski definition) is 1. The predicted molar refractivity (Wildman–Crippen MR) is 78.4 cm³/mol. The van der Waals surface area contributed by atoms with Gasteiger partial charge in [-0.25, -0.2) is 0 Å². The zero-order valence-electron chi connectivity index (χ0n) is 11.5. The molecule has 2 rings (SSSR count). The Balaban J connectivity index is 0.00000200. The lowest BCUT2D eigenvalue weighted by atomic mass is 10.1. The van der Waals surface area contributed by atoms with E-state index < -0.39 is 4.92 Å². The summed E-state index contributed by atoms with van der Waals surface area (Å²) in [5.74, 6) is -0.0543. The average molecular weight is 300 g/mol. The van der Waals surface area contributed by atoms with Crippen LogP contribution < -0.4 is 5.32 Å². The molecule has 7 heteroatoms. The summed E-state index contributed by atoms with van der Waals surface area (Å²) < 4.78 is 0. The Morgan fingerprint density at radius 2 is 2.20 bits per heavy atom. The molecule has 110 valence electrons. The fourth-order valence-electron chi connectivity index (χ4n) is 2.30. The van der Waals surface area contributed by atoms with E-state index in [0.29, 0.717) is 17.7 Å². The summed E-state index contributed by atoms with van der Waals surface area (Å²) in [6, 6.07) is 4.51. The first-order valence-electron chi connectivity index (χ1n) is 6.27. The number of rotatable bonds is 2. The Kier molecular flexibility index (Phi) is 5.47. The van der Waals surface area contributed by atoms with E-state index >= 15 is 0 Å². The number of carbonyl (C=O) groups is 1. The zero-order chi connectivity index (χ0) is 14.0. The number of benzene rings is 1. The maximum absolute atomic E-state index is 12.4. The molecule has 0 spiro atoms. The molecule has 0 radical (unpaired) electrons. The number of nitro benzene ring substituents is 1. The molecule has 0 aliphatic carbocycles. The molecule has 1 aliphatic heterocycles. The van der Waals surface area contributed by atoms with Crippen LogP contribution in [-0.2, 0) is 0 Å². The highest BCUT2D eigenvalue weighted by molar-refractivity contribution is 5.96. The quantitative estimate of drug-likeness (QED) is 0.667. The summed E-state index contributed by atoms with van der Waals surface area (Å²) >= 11 is 0. The molecule has 1 aliphatic rings. The summed E-state index contributed by atoms with van der Waals surface area (Å²) in [6.07, 6.45) is 0. The van der Waals surface area contributed by atoms with Crippen LogP contribution in [-0.4, -0.2) is 41.4 Å². The highest BCUT2D eigenvalue weighted by Gasteiger charge is 2.25. The van der Waals surface area contributed by atoms with Gasteiger partial charge in [0.15, 0.2) is 0 Å². The van der Waals surface area contributed by atoms with Gasteiger partial charge in [0.1, 0.15) is 0 Å². The van der Waals surface area contributed by atoms with Crippen molar-refractivity contribution in [2.75, 3.05) is 19.6 Å². The number of piperazine rings is 1. The van der Waals surface area contributed by atoms with E-state index in [4.69, 9.17) is 0 Å². The van der Waals surface area contributed by atoms with Crippen molar-refractivity contribution in [2.24, 2.45) is 0 Å². The number of nitrogens with zero attached hydrogens (tertiary/aromatic N) is 2. The van der Waals surface area contributed by atoms with Crippen LogP contribution in [0.25, 0.3) is 0 Å². The number of nitrogens with one attached hydrogen (secondary N) is 1. The van der Waals surface area contributed by atoms with Crippen molar-refractivity contribution in [1.29, 1.82) is 0 Å². The van der Waals surface area contributed by atoms with Crippen LogP contribution in [0.15, 0.2) is 18.2 Å². The summed E-state index contributed by atoms with van der Waals surface area (Å²) in [5.41, 5.74) is 1.20. The molecule has 1 atom stereocenters. The Labute approximate surface area is 123 Å². The van der Waals surface area contributed by atoms with Gasteiger partial charge in [0.2, 0.25) is 0 Å². The van der Waals surface area contributed by atoms with Crippen LogP contribution in [0.2, 0.25) is 0 Å². The molecule has 0 unspecified atom stereocenters. The van der Waals surface area contributed by atoms with Crippen LogP contribution >= 0.6 is 12.4 Å². The molecule has 1 heterocycles. The van der Waals surface area contributed by atoms with Crippen molar-refractivity contribution >= 4 is 24.0 Å². The minimum Gasteiger partial charge on any atom is -0.333 e. The first-order chi connectivity index (χ1) is 9.00. The number of carbonyl (C=O) groups excluding carboxylic acids is 1. The molecular formula is C13H18ClN3O3. The van der Waals surface area contributed by atoms with Crippen LogP contribution in [0.5, 0.6) is 0 Å². The van der Waals surface area contributed by atoms with Gasteiger partial charge in [-0.15, -0.1) is 12.4 Å². The fourth-order valence-corrected chi connectivity index (χ4v) is 2.30. The van der Waals surface area contributed by atoms with Gasteiger partial charge in [0.05, 0.1) is 4.92 Å². The van der Waals surface area contributed by atoms with E-state index in [0.717, 1.165) is 13.1 Å². The van der Waals surface area contributed by atoms with Gasteiger partial charge in [-0.3, -0.25) is 14.9 Å². The number of nitro groups is 1. The number of non-ortho nitro benzene ring substituents is 1. The highest BCUT2D eigenvalue weighted by atomic mass is 35.5. The van der Waals surface area contributed by atoms with Crippen LogP contribution in [0.1, 0.15) is 22.8 Å². The molecule has 1 saturated heterocycles. The maximum Gasteiger partial charge on any atom is 0.269 e. The molecule has 1 amide bonds. The van der Waals surface area contributed by atoms with Crippen molar-refractivity contribution < 1.29 is 9.72 Å². The third-order valence-electron chi connectivity index (χ3n) is 3.41. The van der Waals surface area contributed by atoms with E-state index in [9.17, 15) is 14.9 Å². The molecule has 20 heavy (non-hydrogen) atoms. The standard InChI is InChI=1S/C13H17N3O3.ClH/c1-9-7-11(16(18)19)3-4-12(9)13(17)15-6-5-14-8-10(15)2;/h3-4,7,10,14H,5-6,8H2,1-2H3;1H/t10-;/m0./s1. The fraction of sp³-hybridized carbons (Fsp3) is 0.462. The van der Waals surface area contributed by atoms with Gasteiger partial charge < -0.3 is 10.2 Å². The van der Waals surface area contributed by atoms with E-state index in [2.05, 4.69) is 5.32 Å². The number of amides is 1. The van der Waals surface area contributed by atoms with Gasteiger partial charge in [-0.05, 0) is 25.5 Å². The minimum atomic E-state index is -0.450. The Bertz CT molecular complexity index is 522. The van der Waals surface area contributed by atoms with E-state index in [-0.39, 0.29) is 30.0 Å². The monoisotopic (exact) mass is 299 g/mol. The normalized spacial score (nSPS) is 18.3. The summed E-state index contributed by atoms with van der Waals surface area (Å²) in [6.45, 7) is 5.94. The minimum absolute atomic E-state index is 0. The molecule has 1 aromatic rings. The summed E-state index contributed by atoms with van der Waals surface area (Å²) in [7, 11) is 0. The third-order valence-corrected chi connectivity index (χ3v) is 3.41. The van der Waals surface area contributed by atoms with Gasteiger partial charge in [0, 0.05) is 43.4 Å². The predicted octanol–water partition coefficient (Wildman–Crippen LogP) is 1.76. The Hall–Kier alpha value is -1.66. The SMILES string of the molecule is Cc1cc([N+](=O)[O-])ccc1C(=O)N1CCNC[C@@H]1C.Cl. The van der Waals surface area contributed by atoms with Crippen molar-refractivity contribution in [2.45, 2.75) is 19.9 Å². The summed E-state index contributed by atoms with van der Waals surface area (Å²) in [5, 5.41) is 13.9. The van der Waals surface area contributed by atoms with E-state index in [1.165, 1.54) is 12.1 Å². The molecule has 0 aromatic heterocycles. The maximum atomic E-state index is 12.4. The van der Waals surface area contributed by atoms with E-state index in [1.54, 1.807) is 13.0 Å². The van der Waals surface area contributed by atoms with Gasteiger partial charge in [0.25, 0.3) is 11.6 Å². The number of hydrogen-bond acceptors (Lipinski definition) is 4. The van der Waals surface area contributed by atoms with E-state index in [1.807, 2.05) is 11.8 Å². The lowest BCUT2D eigenvalue weighted by Crippen LogP contribution is -2.52. The molecule has 1 aromatic carbocycles. The second kappa shape index (κ2) is 6.67. The Morgan fingerprint density at radius 1 is 1.50 bits per heavy atom. The van der Waals surface area contributed by atoms with Crippen LogP contribution in [0.3, 0.4) is 0 Å². The third kappa shape index (κ3) is 3.26. The molecular weight excluding hydrogens is 282 g/mol. The molecule has 6 nitrogen and oxygen atoms in total. The van der Waals surface area contributed by atoms with Crippen molar-refractivity contribution in [3.05, 3.63) is 39.4 Å². The van der Waals surface area contributed by atoms with Gasteiger partial charge in [-0.2, -0.15) is 0 Å². The first kappa shape index (κ1) is 16.4. The topological polar surface area (TPSA) is 75.5 Å². The lowest BCUT2D eigenvalue weighted by molar-refractivity contribution is -0.384. The molecule has 0 saturated carbocycles. The second-order valence-electron chi connectivity index (χ2n) is 4.81. The van der Waals surface area contributed by atoms with Gasteiger partial charge >= 0.3 is 0 Å². The van der Waals surface area contributed by atoms with Gasteiger partial charge in [-0.1, -0.05) is 0 Å². The van der Waals surface area contributed by atoms with Crippen LogP contribution in [0, 0.1) is 17.0 Å². The van der Waals surface area contributed by atoms with Crippen molar-refractivity contribution in [3.8, 4) is 0 Å². The first-order valence-corrected chi connectivity index (χ1v) is 6.27. The second-order valence-corrected chi connectivity index (χ2v) is 4.81. The van der Waals surface area contributed by atoms with Crippen molar-refractivity contribution in [1.82, 2.24) is 10.2 Å². The molecule has 0 bridgehead atoms. The smallest absolute Gasteiger partial charge is 0.269 e. The highest BCUT2D eigenvalue weighted by Crippen LogP contribution is 2.19. The molecule has 1 fully saturated rings. The lowest BCUT2D eigenvalue weighted by Gasteiger charge is -2.34. The Morgan fingerprint density at radius 3 is 2.75 bits per heavy atom. The van der Waals surface area contributed by atoms with Crippen LogP contribution in [0.4, 0.5) is 5.69 Å². The number of halogens is 1. The largest absolute Gasteiger partial charge is 0.333 e. The summed E-state index contributed by atoms with van der Waals surface area (Å²) in [4.78, 5) is 24.5. The number of aryl methyl sites for hydroxylation is 1. The van der Waals surface area contributed by atoms with Crippen molar-refractivity contribution in [3.63, 3.8) is 0 Å². The zero-order valence-corrected chi connectivity index (χ0v) is 12.3. The molecule has 1 N–H and O–H groups in total.